The van der Waals surface area contributed by atoms with Gasteiger partial charge < -0.3 is 14.0 Å². The predicted molar refractivity (Wildman–Crippen MR) is 154 cm³/mol. The largest absolute Gasteiger partial charge is 0.468 e. The molecule has 5 rings (SSSR count). The minimum absolute atomic E-state index is 0.0800. The summed E-state index contributed by atoms with van der Waals surface area (Å²) < 4.78 is 15.1. The van der Waals surface area contributed by atoms with Crippen molar-refractivity contribution in [3.63, 3.8) is 0 Å². The average Bonchev–Trinajstić information content (AvgIpc) is 3.39. The number of hydrogen-bond donors (Lipinski definition) is 1. The molecule has 2 aromatic carbocycles. The molecule has 0 radical (unpaired) electrons. The molecule has 3 heterocycles. The summed E-state index contributed by atoms with van der Waals surface area (Å²) >= 11 is 6.65. The molecule has 0 amide bonds. The number of nitrogens with zero attached hydrogens (tertiary/aromatic N) is 4. The highest BCUT2D eigenvalue weighted by Gasteiger charge is 2.44. The summed E-state index contributed by atoms with van der Waals surface area (Å²) in [5.74, 6) is -0.722. The maximum Gasteiger partial charge on any atom is 0.315 e. The van der Waals surface area contributed by atoms with Gasteiger partial charge in [0.25, 0.3) is 5.56 Å². The number of hydrogen-bond acceptors (Lipinski definition) is 6. The lowest BCUT2D eigenvalue weighted by Gasteiger charge is -2.30. The number of benzene rings is 2. The second kappa shape index (κ2) is 11.7. The predicted octanol–water partition coefficient (Wildman–Crippen LogP) is 4.72. The third-order valence-corrected chi connectivity index (χ3v) is 7.81. The highest BCUT2D eigenvalue weighted by molar-refractivity contribution is 6.31. The summed E-state index contributed by atoms with van der Waals surface area (Å²) in [7, 11) is 1.33. The number of nitrogens with one attached hydrogen (secondary N) is 1. The van der Waals surface area contributed by atoms with Crippen LogP contribution in [-0.2, 0) is 27.4 Å². The van der Waals surface area contributed by atoms with E-state index in [1.54, 1.807) is 10.7 Å². The monoisotopic (exact) mass is 561 g/mol. The second-order valence-corrected chi connectivity index (χ2v) is 10.3. The number of methoxy groups -OCH3 is 1. The van der Waals surface area contributed by atoms with E-state index < -0.39 is 17.8 Å². The maximum atomic E-state index is 13.4. The lowest BCUT2D eigenvalue weighted by atomic mass is 9.77. The number of aromatic amines is 1. The Labute approximate surface area is 237 Å². The Kier molecular flexibility index (Phi) is 8.04. The van der Waals surface area contributed by atoms with Crippen LogP contribution in [0, 0.1) is 26.7 Å². The van der Waals surface area contributed by atoms with Crippen LogP contribution in [0.25, 0.3) is 0 Å². The van der Waals surface area contributed by atoms with Crippen molar-refractivity contribution >= 4 is 29.1 Å². The first-order valence-corrected chi connectivity index (χ1v) is 13.5. The van der Waals surface area contributed by atoms with Crippen molar-refractivity contribution in [2.75, 3.05) is 20.3 Å². The number of halogens is 1. The Hall–Kier alpha value is -3.95. The summed E-state index contributed by atoms with van der Waals surface area (Å²) in [4.78, 5) is 36.1. The quantitative estimate of drug-likeness (QED) is 0.235. The minimum Gasteiger partial charge on any atom is -0.468 e. The van der Waals surface area contributed by atoms with Crippen molar-refractivity contribution in [1.82, 2.24) is 19.3 Å². The smallest absolute Gasteiger partial charge is 0.315 e. The first kappa shape index (κ1) is 27.6. The molecular formula is C30H32ClN5O4. The number of fused-ring (bicyclic) bond motifs is 1. The Morgan fingerprint density at radius 1 is 1.07 bits per heavy atom. The third-order valence-electron chi connectivity index (χ3n) is 7.47. The SMILES string of the molecule is COC(=O)C1C(COCCn2c(C)nc(C)c2C)=Nc2c(c(=O)[nH]n2Cc2ccccc2)C1c1ccccc1Cl. The summed E-state index contributed by atoms with van der Waals surface area (Å²) in [6, 6.07) is 17.0. The van der Waals surface area contributed by atoms with Crippen LogP contribution in [0.2, 0.25) is 5.02 Å². The second-order valence-electron chi connectivity index (χ2n) is 9.89. The molecule has 1 aliphatic heterocycles. The molecule has 0 aliphatic carbocycles. The zero-order valence-electron chi connectivity index (χ0n) is 23.0. The summed E-state index contributed by atoms with van der Waals surface area (Å²) in [6.07, 6.45) is 0. The fourth-order valence-corrected chi connectivity index (χ4v) is 5.65. The molecular weight excluding hydrogens is 530 g/mol. The van der Waals surface area contributed by atoms with Crippen LogP contribution in [0.15, 0.2) is 64.4 Å². The standard InChI is InChI=1S/C30H32ClN5O4/c1-18-19(2)35(20(3)32-18)14-15-40-17-24-26(30(38)39-4)25(22-12-8-9-13-23(22)31)27-28(33-24)36(34-29(27)37)16-21-10-6-5-7-11-21/h5-13,25-26H,14-17H2,1-4H3,(H,34,37). The molecule has 40 heavy (non-hydrogen) atoms. The Bertz CT molecular complexity index is 1620. The van der Waals surface area contributed by atoms with Gasteiger partial charge in [-0.15, -0.1) is 0 Å². The van der Waals surface area contributed by atoms with Gasteiger partial charge in [0.15, 0.2) is 5.82 Å². The number of ether oxygens (including phenoxy) is 2. The number of carbonyl (C=O) groups is 1. The molecule has 1 N–H and O–H groups in total. The van der Waals surface area contributed by atoms with Gasteiger partial charge in [0.1, 0.15) is 11.7 Å². The molecule has 4 aromatic rings. The van der Waals surface area contributed by atoms with E-state index in [1.165, 1.54) is 7.11 Å². The van der Waals surface area contributed by atoms with Crippen molar-refractivity contribution in [3.05, 3.63) is 104 Å². The molecule has 2 atom stereocenters. The number of imidazole rings is 1. The lowest BCUT2D eigenvalue weighted by molar-refractivity contribution is -0.143. The van der Waals surface area contributed by atoms with E-state index in [1.807, 2.05) is 69.3 Å². The van der Waals surface area contributed by atoms with Gasteiger partial charge in [-0.05, 0) is 38.0 Å². The van der Waals surface area contributed by atoms with Crippen LogP contribution in [0.3, 0.4) is 0 Å². The number of H-pyrrole nitrogens is 1. The number of aryl methyl sites for hydroxylation is 2. The molecule has 0 saturated carbocycles. The molecule has 0 bridgehead atoms. The first-order valence-electron chi connectivity index (χ1n) is 13.1. The number of aromatic nitrogens is 4. The van der Waals surface area contributed by atoms with Crippen LogP contribution >= 0.6 is 11.6 Å². The Morgan fingerprint density at radius 3 is 2.48 bits per heavy atom. The maximum absolute atomic E-state index is 13.4. The zero-order valence-corrected chi connectivity index (χ0v) is 23.7. The van der Waals surface area contributed by atoms with Gasteiger partial charge in [0.05, 0.1) is 43.8 Å². The number of esters is 1. The first-order chi connectivity index (χ1) is 19.3. The molecule has 2 aromatic heterocycles. The van der Waals surface area contributed by atoms with Gasteiger partial charge >= 0.3 is 5.97 Å². The van der Waals surface area contributed by atoms with E-state index in [-0.39, 0.29) is 12.2 Å². The van der Waals surface area contributed by atoms with Gasteiger partial charge in [0, 0.05) is 23.2 Å². The normalized spacial score (nSPS) is 16.5. The summed E-state index contributed by atoms with van der Waals surface area (Å²) in [6.45, 7) is 7.45. The summed E-state index contributed by atoms with van der Waals surface area (Å²) in [5.41, 5.74) is 4.24. The van der Waals surface area contributed by atoms with Crippen molar-refractivity contribution < 1.29 is 14.3 Å². The van der Waals surface area contributed by atoms with Crippen molar-refractivity contribution in [2.45, 2.75) is 39.8 Å². The molecule has 208 valence electrons. The van der Waals surface area contributed by atoms with Crippen LogP contribution in [-0.4, -0.2) is 51.3 Å². The Balaban J connectivity index is 1.54. The third kappa shape index (κ3) is 5.26. The van der Waals surface area contributed by atoms with Gasteiger partial charge in [-0.25, -0.2) is 9.98 Å². The van der Waals surface area contributed by atoms with E-state index in [9.17, 15) is 9.59 Å². The van der Waals surface area contributed by atoms with Crippen molar-refractivity contribution in [1.29, 1.82) is 0 Å². The molecule has 10 heteroatoms. The molecule has 9 nitrogen and oxygen atoms in total. The van der Waals surface area contributed by atoms with Crippen LogP contribution in [0.1, 0.15) is 39.8 Å². The molecule has 1 aliphatic rings. The zero-order chi connectivity index (χ0) is 28.4. The molecule has 2 unspecified atom stereocenters. The van der Waals surface area contributed by atoms with Gasteiger partial charge in [-0.1, -0.05) is 60.1 Å². The number of carbonyl (C=O) groups excluding carboxylic acids is 1. The number of rotatable bonds is 9. The lowest BCUT2D eigenvalue weighted by Crippen LogP contribution is -2.38. The van der Waals surface area contributed by atoms with E-state index in [2.05, 4.69) is 14.6 Å². The minimum atomic E-state index is -0.884. The van der Waals surface area contributed by atoms with Crippen LogP contribution in [0.4, 0.5) is 5.82 Å². The van der Waals surface area contributed by atoms with E-state index in [4.69, 9.17) is 26.1 Å². The highest BCUT2D eigenvalue weighted by atomic mass is 35.5. The van der Waals surface area contributed by atoms with E-state index in [0.717, 1.165) is 22.8 Å². The van der Waals surface area contributed by atoms with Crippen LogP contribution in [0.5, 0.6) is 0 Å². The van der Waals surface area contributed by atoms with Gasteiger partial charge in [0.2, 0.25) is 0 Å². The fourth-order valence-electron chi connectivity index (χ4n) is 5.40. The average molecular weight is 562 g/mol. The van der Waals surface area contributed by atoms with Gasteiger partial charge in [-0.3, -0.25) is 19.4 Å². The van der Waals surface area contributed by atoms with Crippen molar-refractivity contribution in [3.8, 4) is 0 Å². The highest BCUT2D eigenvalue weighted by Crippen LogP contribution is 2.43. The fraction of sp³-hybridized carbons (Fsp3) is 0.333. The van der Waals surface area contributed by atoms with E-state index in [0.29, 0.717) is 47.4 Å². The molecule has 0 fully saturated rings. The number of aliphatic imine (C=N–C) groups is 1. The van der Waals surface area contributed by atoms with Gasteiger partial charge in [-0.2, -0.15) is 0 Å². The van der Waals surface area contributed by atoms with Crippen LogP contribution < -0.4 is 5.56 Å². The van der Waals surface area contributed by atoms with E-state index >= 15 is 0 Å². The summed E-state index contributed by atoms with van der Waals surface area (Å²) in [5, 5.41) is 3.38. The molecule has 0 saturated heterocycles. The topological polar surface area (TPSA) is 104 Å². The molecule has 0 spiro atoms. The Morgan fingerprint density at radius 2 is 1.80 bits per heavy atom. The van der Waals surface area contributed by atoms with Crippen molar-refractivity contribution in [2.24, 2.45) is 10.9 Å².